The normalized spacial score (nSPS) is 10.9. The van der Waals surface area contributed by atoms with Crippen molar-refractivity contribution in [2.24, 2.45) is 0 Å². The summed E-state index contributed by atoms with van der Waals surface area (Å²) in [6, 6.07) is 12.0. The molecule has 0 spiro atoms. The van der Waals surface area contributed by atoms with Gasteiger partial charge in [0.2, 0.25) is 5.78 Å². The second-order valence-electron chi connectivity index (χ2n) is 5.11. The molecule has 0 fully saturated rings. The second kappa shape index (κ2) is 6.65. The minimum absolute atomic E-state index is 0.233. The van der Waals surface area contributed by atoms with E-state index in [1.165, 1.54) is 6.07 Å². The highest BCUT2D eigenvalue weighted by Crippen LogP contribution is 2.28. The van der Waals surface area contributed by atoms with Gasteiger partial charge in [0.25, 0.3) is 0 Å². The molecule has 5 heteroatoms. The first kappa shape index (κ1) is 15.9. The van der Waals surface area contributed by atoms with Crippen molar-refractivity contribution >= 4 is 40.0 Å². The largest absolute Gasteiger partial charge is 0.493 e. The third kappa shape index (κ3) is 3.36. The Balaban J connectivity index is 1.94. The van der Waals surface area contributed by atoms with E-state index in [2.05, 4.69) is 0 Å². The molecule has 118 valence electrons. The zero-order valence-corrected chi connectivity index (χ0v) is 13.9. The fraction of sp³-hybridized carbons (Fsp3) is 0.167. The Labute approximate surface area is 143 Å². The molecule has 23 heavy (non-hydrogen) atoms. The summed E-state index contributed by atoms with van der Waals surface area (Å²) in [5.74, 6) is 0.674. The van der Waals surface area contributed by atoms with E-state index in [0.29, 0.717) is 27.8 Å². The Morgan fingerprint density at radius 3 is 2.70 bits per heavy atom. The second-order valence-corrected chi connectivity index (χ2v) is 5.96. The predicted molar refractivity (Wildman–Crippen MR) is 91.9 cm³/mol. The Kier molecular flexibility index (Phi) is 4.60. The number of ketones is 1. The molecule has 0 atom stereocenters. The van der Waals surface area contributed by atoms with Gasteiger partial charge >= 0.3 is 0 Å². The minimum atomic E-state index is -0.279. The molecule has 0 saturated carbocycles. The van der Waals surface area contributed by atoms with Gasteiger partial charge in [0.15, 0.2) is 5.76 Å². The van der Waals surface area contributed by atoms with Gasteiger partial charge in [-0.25, -0.2) is 0 Å². The van der Waals surface area contributed by atoms with Crippen LogP contribution in [0.3, 0.4) is 0 Å². The topological polar surface area (TPSA) is 39.4 Å². The van der Waals surface area contributed by atoms with Gasteiger partial charge in [0, 0.05) is 22.0 Å². The zero-order chi connectivity index (χ0) is 16.4. The molecular formula is C18H14Cl2O3. The summed E-state index contributed by atoms with van der Waals surface area (Å²) in [7, 11) is 0. The Morgan fingerprint density at radius 2 is 1.96 bits per heavy atom. The van der Waals surface area contributed by atoms with Gasteiger partial charge in [-0.15, -0.1) is 0 Å². The molecule has 0 radical (unpaired) electrons. The molecule has 0 N–H and O–H groups in total. The molecule has 0 aliphatic carbocycles. The number of hydrogen-bond donors (Lipinski definition) is 0. The first-order valence-electron chi connectivity index (χ1n) is 7.24. The molecule has 0 saturated heterocycles. The van der Waals surface area contributed by atoms with Crippen LogP contribution in [-0.2, 0) is 0 Å². The number of benzene rings is 2. The van der Waals surface area contributed by atoms with Gasteiger partial charge in [0.05, 0.1) is 11.6 Å². The van der Waals surface area contributed by atoms with Crippen molar-refractivity contribution in [1.29, 1.82) is 0 Å². The van der Waals surface area contributed by atoms with Crippen molar-refractivity contribution in [3.05, 3.63) is 63.8 Å². The van der Waals surface area contributed by atoms with E-state index < -0.39 is 0 Å². The Morgan fingerprint density at radius 1 is 1.13 bits per heavy atom. The minimum Gasteiger partial charge on any atom is -0.493 e. The van der Waals surface area contributed by atoms with Crippen molar-refractivity contribution in [3.8, 4) is 5.75 Å². The number of carbonyl (C=O) groups excluding carboxylic acids is 1. The van der Waals surface area contributed by atoms with Crippen LogP contribution in [-0.4, -0.2) is 12.4 Å². The van der Waals surface area contributed by atoms with Crippen molar-refractivity contribution in [3.63, 3.8) is 0 Å². The van der Waals surface area contributed by atoms with Crippen LogP contribution in [0, 0.1) is 0 Å². The van der Waals surface area contributed by atoms with Crippen LogP contribution in [0.4, 0.5) is 0 Å². The highest BCUT2D eigenvalue weighted by Gasteiger charge is 2.18. The van der Waals surface area contributed by atoms with Crippen molar-refractivity contribution in [1.82, 2.24) is 0 Å². The van der Waals surface area contributed by atoms with Crippen LogP contribution in [0.25, 0.3) is 11.0 Å². The number of fused-ring (bicyclic) bond motifs is 1. The van der Waals surface area contributed by atoms with E-state index in [4.69, 9.17) is 32.4 Å². The zero-order valence-electron chi connectivity index (χ0n) is 12.4. The number of carbonyl (C=O) groups is 1. The first-order chi connectivity index (χ1) is 11.1. The molecule has 3 rings (SSSR count). The van der Waals surface area contributed by atoms with Gasteiger partial charge in [-0.05, 0) is 42.8 Å². The van der Waals surface area contributed by atoms with Crippen LogP contribution in [0.1, 0.15) is 29.5 Å². The van der Waals surface area contributed by atoms with E-state index >= 15 is 0 Å². The van der Waals surface area contributed by atoms with Gasteiger partial charge in [-0.2, -0.15) is 0 Å². The van der Waals surface area contributed by atoms with Crippen LogP contribution in [0.5, 0.6) is 5.75 Å². The maximum absolute atomic E-state index is 12.6. The molecule has 0 amide bonds. The lowest BCUT2D eigenvalue weighted by Crippen LogP contribution is -2.00. The van der Waals surface area contributed by atoms with Crippen LogP contribution in [0.2, 0.25) is 10.0 Å². The van der Waals surface area contributed by atoms with E-state index in [1.807, 2.05) is 19.1 Å². The number of ether oxygens (including phenoxy) is 1. The summed E-state index contributed by atoms with van der Waals surface area (Å²) < 4.78 is 11.2. The summed E-state index contributed by atoms with van der Waals surface area (Å²) in [5, 5.41) is 1.62. The van der Waals surface area contributed by atoms with Gasteiger partial charge in [-0.3, -0.25) is 4.79 Å². The van der Waals surface area contributed by atoms with Crippen LogP contribution in [0.15, 0.2) is 46.9 Å². The highest BCUT2D eigenvalue weighted by molar-refractivity contribution is 6.37. The standard InChI is InChI=1S/C18H14Cl2O3/c1-2-7-22-13-5-3-11-8-17(23-16(11)10-13)18(21)14-6-4-12(19)9-15(14)20/h3-6,8-10H,2,7H2,1H3. The maximum atomic E-state index is 12.6. The van der Waals surface area contributed by atoms with Crippen molar-refractivity contribution in [2.45, 2.75) is 13.3 Å². The lowest BCUT2D eigenvalue weighted by atomic mass is 10.1. The van der Waals surface area contributed by atoms with E-state index in [9.17, 15) is 4.79 Å². The monoisotopic (exact) mass is 348 g/mol. The molecule has 1 heterocycles. The van der Waals surface area contributed by atoms with Crippen LogP contribution >= 0.6 is 23.2 Å². The highest BCUT2D eigenvalue weighted by atomic mass is 35.5. The van der Waals surface area contributed by atoms with Crippen molar-refractivity contribution in [2.75, 3.05) is 6.61 Å². The summed E-state index contributed by atoms with van der Waals surface area (Å²) in [4.78, 5) is 12.6. The van der Waals surface area contributed by atoms with Gasteiger partial charge < -0.3 is 9.15 Å². The number of halogens is 2. The van der Waals surface area contributed by atoms with E-state index in [1.54, 1.807) is 24.3 Å². The van der Waals surface area contributed by atoms with Crippen LogP contribution < -0.4 is 4.74 Å². The van der Waals surface area contributed by atoms with Gasteiger partial charge in [0.1, 0.15) is 11.3 Å². The third-order valence-electron chi connectivity index (χ3n) is 3.36. The van der Waals surface area contributed by atoms with E-state index in [0.717, 1.165) is 17.6 Å². The summed E-state index contributed by atoms with van der Waals surface area (Å²) >= 11 is 11.9. The maximum Gasteiger partial charge on any atom is 0.229 e. The predicted octanol–water partition coefficient (Wildman–Crippen LogP) is 5.76. The molecule has 3 nitrogen and oxygen atoms in total. The number of furan rings is 1. The SMILES string of the molecule is CCCOc1ccc2cc(C(=O)c3ccc(Cl)cc3Cl)oc2c1. The summed E-state index contributed by atoms with van der Waals surface area (Å²) in [5.41, 5.74) is 0.963. The smallest absolute Gasteiger partial charge is 0.229 e. The molecular weight excluding hydrogens is 335 g/mol. The first-order valence-corrected chi connectivity index (χ1v) is 8.00. The average Bonchev–Trinajstić information content (AvgIpc) is 2.95. The number of hydrogen-bond acceptors (Lipinski definition) is 3. The fourth-order valence-corrected chi connectivity index (χ4v) is 2.73. The lowest BCUT2D eigenvalue weighted by Gasteiger charge is -2.03. The van der Waals surface area contributed by atoms with Crippen molar-refractivity contribution < 1.29 is 13.9 Å². The fourth-order valence-electron chi connectivity index (χ4n) is 2.24. The molecule has 1 aromatic heterocycles. The van der Waals surface area contributed by atoms with E-state index in [-0.39, 0.29) is 11.5 Å². The third-order valence-corrected chi connectivity index (χ3v) is 3.91. The Bertz CT molecular complexity index is 868. The quantitative estimate of drug-likeness (QED) is 0.550. The lowest BCUT2D eigenvalue weighted by molar-refractivity contribution is 0.101. The molecule has 0 aliphatic heterocycles. The summed E-state index contributed by atoms with van der Waals surface area (Å²) in [6.07, 6.45) is 0.926. The molecule has 3 aromatic rings. The molecule has 0 bridgehead atoms. The molecule has 0 aliphatic rings. The Hall–Kier alpha value is -1.97. The molecule has 0 unspecified atom stereocenters. The average molecular weight is 349 g/mol. The van der Waals surface area contributed by atoms with Gasteiger partial charge in [-0.1, -0.05) is 30.1 Å². The molecule has 2 aromatic carbocycles. The number of rotatable bonds is 5. The summed E-state index contributed by atoms with van der Waals surface area (Å²) in [6.45, 7) is 2.68.